The summed E-state index contributed by atoms with van der Waals surface area (Å²) in [5, 5.41) is 6.69. The predicted molar refractivity (Wildman–Crippen MR) is 89.2 cm³/mol. The first-order valence-corrected chi connectivity index (χ1v) is 7.84. The van der Waals surface area contributed by atoms with Crippen molar-refractivity contribution < 1.29 is 4.79 Å². The summed E-state index contributed by atoms with van der Waals surface area (Å²) < 4.78 is 1.17. The Morgan fingerprint density at radius 3 is 2.91 bits per heavy atom. The summed E-state index contributed by atoms with van der Waals surface area (Å²) in [4.78, 5) is 20.5. The number of urea groups is 1. The van der Waals surface area contributed by atoms with E-state index in [4.69, 9.17) is 0 Å². The highest BCUT2D eigenvalue weighted by Crippen LogP contribution is 2.22. The number of fused-ring (bicyclic) bond motifs is 1. The summed E-state index contributed by atoms with van der Waals surface area (Å²) in [7, 11) is 0. The monoisotopic (exact) mass is 312 g/mol. The summed E-state index contributed by atoms with van der Waals surface area (Å²) in [6, 6.07) is 11.4. The number of nitrogens with one attached hydrogen (secondary N) is 2. The number of hydrogen-bond donors (Lipinski definition) is 2. The third-order valence-electron chi connectivity index (χ3n) is 3.12. The van der Waals surface area contributed by atoms with Crippen molar-refractivity contribution in [3.8, 4) is 0 Å². The van der Waals surface area contributed by atoms with Gasteiger partial charge in [0.05, 0.1) is 27.1 Å². The molecular weight excluding hydrogens is 296 g/mol. The standard InChI is InChI=1S/C16H16N4OS/c1-11(18-16(21)19-12-5-4-8-17-10-12)9-15-20-13-6-2-3-7-14(13)22-15/h2-8,10-11H,9H2,1H3,(H2,18,19,21)/t11-/m0/s1. The van der Waals surface area contributed by atoms with E-state index in [1.807, 2.05) is 25.1 Å². The van der Waals surface area contributed by atoms with Gasteiger partial charge >= 0.3 is 6.03 Å². The Morgan fingerprint density at radius 2 is 2.14 bits per heavy atom. The lowest BCUT2D eigenvalue weighted by Gasteiger charge is -2.13. The van der Waals surface area contributed by atoms with E-state index in [1.54, 1.807) is 35.9 Å². The molecule has 22 heavy (non-hydrogen) atoms. The number of rotatable bonds is 4. The number of nitrogens with zero attached hydrogens (tertiary/aromatic N) is 2. The lowest BCUT2D eigenvalue weighted by molar-refractivity contribution is 0.249. The van der Waals surface area contributed by atoms with Crippen LogP contribution in [0.25, 0.3) is 10.2 Å². The van der Waals surface area contributed by atoms with Crippen molar-refractivity contribution in [1.82, 2.24) is 15.3 Å². The Kier molecular flexibility index (Phi) is 4.29. The first-order valence-electron chi connectivity index (χ1n) is 7.03. The van der Waals surface area contributed by atoms with Crippen LogP contribution in [0.3, 0.4) is 0 Å². The Balaban J connectivity index is 1.57. The van der Waals surface area contributed by atoms with Crippen LogP contribution in [0.2, 0.25) is 0 Å². The highest BCUT2D eigenvalue weighted by Gasteiger charge is 2.11. The second kappa shape index (κ2) is 6.53. The molecular formula is C16H16N4OS. The summed E-state index contributed by atoms with van der Waals surface area (Å²) in [5.41, 5.74) is 1.68. The number of amides is 2. The molecule has 3 aromatic rings. The SMILES string of the molecule is C[C@@H](Cc1nc2ccccc2s1)NC(=O)Nc1cccnc1. The van der Waals surface area contributed by atoms with Crippen LogP contribution in [-0.2, 0) is 6.42 Å². The summed E-state index contributed by atoms with van der Waals surface area (Å²) in [6.07, 6.45) is 3.98. The van der Waals surface area contributed by atoms with Crippen molar-refractivity contribution >= 4 is 33.3 Å². The number of thiazole rings is 1. The van der Waals surface area contributed by atoms with Crippen LogP contribution in [0.1, 0.15) is 11.9 Å². The van der Waals surface area contributed by atoms with E-state index in [9.17, 15) is 4.79 Å². The molecule has 0 aliphatic heterocycles. The van der Waals surface area contributed by atoms with Crippen LogP contribution in [-0.4, -0.2) is 22.0 Å². The van der Waals surface area contributed by atoms with Crippen molar-refractivity contribution in [3.05, 3.63) is 53.8 Å². The average Bonchev–Trinajstić information content (AvgIpc) is 2.89. The fraction of sp³-hybridized carbons (Fsp3) is 0.188. The number of carbonyl (C=O) groups excluding carboxylic acids is 1. The van der Waals surface area contributed by atoms with Gasteiger partial charge in [-0.25, -0.2) is 9.78 Å². The molecule has 112 valence electrons. The van der Waals surface area contributed by atoms with Crippen molar-refractivity contribution in [2.75, 3.05) is 5.32 Å². The van der Waals surface area contributed by atoms with E-state index in [0.717, 1.165) is 10.5 Å². The molecule has 0 fully saturated rings. The van der Waals surface area contributed by atoms with Crippen LogP contribution in [0.5, 0.6) is 0 Å². The van der Waals surface area contributed by atoms with E-state index in [-0.39, 0.29) is 12.1 Å². The number of anilines is 1. The number of aromatic nitrogens is 2. The highest BCUT2D eigenvalue weighted by molar-refractivity contribution is 7.18. The average molecular weight is 312 g/mol. The Bertz CT molecular complexity index is 739. The molecule has 0 bridgehead atoms. The molecule has 1 aromatic carbocycles. The molecule has 2 amide bonds. The van der Waals surface area contributed by atoms with Gasteiger partial charge in [-0.15, -0.1) is 11.3 Å². The molecule has 2 N–H and O–H groups in total. The molecule has 0 aliphatic rings. The van der Waals surface area contributed by atoms with Gasteiger partial charge in [0, 0.05) is 18.7 Å². The van der Waals surface area contributed by atoms with E-state index >= 15 is 0 Å². The maximum atomic E-state index is 11.9. The van der Waals surface area contributed by atoms with E-state index in [2.05, 4.69) is 26.7 Å². The molecule has 2 aromatic heterocycles. The van der Waals surface area contributed by atoms with Crippen LogP contribution in [0.4, 0.5) is 10.5 Å². The van der Waals surface area contributed by atoms with Gasteiger partial charge in [0.2, 0.25) is 0 Å². The maximum absolute atomic E-state index is 11.9. The number of para-hydroxylation sites is 1. The fourth-order valence-corrected chi connectivity index (χ4v) is 3.24. The summed E-state index contributed by atoms with van der Waals surface area (Å²) in [5.74, 6) is 0. The molecule has 2 heterocycles. The molecule has 0 saturated heterocycles. The molecule has 1 atom stereocenters. The molecule has 3 rings (SSSR count). The zero-order chi connectivity index (χ0) is 15.4. The molecule has 0 aliphatic carbocycles. The lowest BCUT2D eigenvalue weighted by atomic mass is 10.2. The maximum Gasteiger partial charge on any atom is 0.319 e. The quantitative estimate of drug-likeness (QED) is 0.775. The molecule has 0 saturated carbocycles. The van der Waals surface area contributed by atoms with E-state index < -0.39 is 0 Å². The van der Waals surface area contributed by atoms with Gasteiger partial charge in [-0.3, -0.25) is 4.98 Å². The summed E-state index contributed by atoms with van der Waals surface area (Å²) >= 11 is 1.66. The Labute approximate surface area is 132 Å². The van der Waals surface area contributed by atoms with Gasteiger partial charge in [-0.1, -0.05) is 12.1 Å². The highest BCUT2D eigenvalue weighted by atomic mass is 32.1. The third kappa shape index (κ3) is 3.59. The smallest absolute Gasteiger partial charge is 0.319 e. The second-order valence-corrected chi connectivity index (χ2v) is 6.14. The number of benzene rings is 1. The van der Waals surface area contributed by atoms with Crippen molar-refractivity contribution in [2.45, 2.75) is 19.4 Å². The Hall–Kier alpha value is -2.47. The van der Waals surface area contributed by atoms with Crippen LogP contribution >= 0.6 is 11.3 Å². The number of carbonyl (C=O) groups is 1. The lowest BCUT2D eigenvalue weighted by Crippen LogP contribution is -2.37. The van der Waals surface area contributed by atoms with Crippen molar-refractivity contribution in [2.24, 2.45) is 0 Å². The van der Waals surface area contributed by atoms with Gasteiger partial charge in [-0.05, 0) is 31.2 Å². The first kappa shape index (κ1) is 14.5. The molecule has 0 spiro atoms. The molecule has 0 unspecified atom stereocenters. The van der Waals surface area contributed by atoms with Crippen LogP contribution < -0.4 is 10.6 Å². The van der Waals surface area contributed by atoms with E-state index in [0.29, 0.717) is 12.1 Å². The minimum atomic E-state index is -0.235. The molecule has 5 nitrogen and oxygen atoms in total. The summed E-state index contributed by atoms with van der Waals surface area (Å²) in [6.45, 7) is 1.97. The van der Waals surface area contributed by atoms with Crippen molar-refractivity contribution in [3.63, 3.8) is 0 Å². The number of hydrogen-bond acceptors (Lipinski definition) is 4. The topological polar surface area (TPSA) is 66.9 Å². The normalized spacial score (nSPS) is 12.0. The third-order valence-corrected chi connectivity index (χ3v) is 4.17. The Morgan fingerprint density at radius 1 is 1.27 bits per heavy atom. The van der Waals surface area contributed by atoms with Crippen LogP contribution in [0, 0.1) is 0 Å². The predicted octanol–water partition coefficient (Wildman–Crippen LogP) is 3.44. The van der Waals surface area contributed by atoms with Gasteiger partial charge in [-0.2, -0.15) is 0 Å². The first-order chi connectivity index (χ1) is 10.7. The van der Waals surface area contributed by atoms with E-state index in [1.165, 1.54) is 4.70 Å². The minimum Gasteiger partial charge on any atom is -0.335 e. The largest absolute Gasteiger partial charge is 0.335 e. The van der Waals surface area contributed by atoms with Gasteiger partial charge < -0.3 is 10.6 Å². The number of pyridine rings is 1. The van der Waals surface area contributed by atoms with Gasteiger partial charge in [0.1, 0.15) is 0 Å². The molecule has 6 heteroatoms. The molecule has 0 radical (unpaired) electrons. The fourth-order valence-electron chi connectivity index (χ4n) is 2.15. The van der Waals surface area contributed by atoms with Crippen LogP contribution in [0.15, 0.2) is 48.8 Å². The van der Waals surface area contributed by atoms with Gasteiger partial charge in [0.25, 0.3) is 0 Å². The second-order valence-electron chi connectivity index (χ2n) is 5.02. The zero-order valence-corrected chi connectivity index (χ0v) is 12.9. The minimum absolute atomic E-state index is 0.00256. The van der Waals surface area contributed by atoms with Gasteiger partial charge in [0.15, 0.2) is 0 Å². The zero-order valence-electron chi connectivity index (χ0n) is 12.1. The van der Waals surface area contributed by atoms with Crippen molar-refractivity contribution in [1.29, 1.82) is 0 Å².